The quantitative estimate of drug-likeness (QED) is 0.912. The van der Waals surface area contributed by atoms with Crippen molar-refractivity contribution in [3.05, 3.63) is 29.3 Å². The van der Waals surface area contributed by atoms with Crippen LogP contribution in [0.1, 0.15) is 23.5 Å². The van der Waals surface area contributed by atoms with Crippen molar-refractivity contribution >= 4 is 11.7 Å². The molecule has 3 rings (SSSR count). The number of aliphatic carboxylic acids is 1. The molecule has 0 aromatic carbocycles. The van der Waals surface area contributed by atoms with E-state index in [0.29, 0.717) is 18.9 Å². The summed E-state index contributed by atoms with van der Waals surface area (Å²) in [4.78, 5) is 22.1. The van der Waals surface area contributed by atoms with Gasteiger partial charge in [0.15, 0.2) is 0 Å². The highest BCUT2D eigenvalue weighted by molar-refractivity contribution is 5.70. The summed E-state index contributed by atoms with van der Waals surface area (Å²) >= 11 is 0. The van der Waals surface area contributed by atoms with Crippen molar-refractivity contribution in [2.45, 2.75) is 26.8 Å². The number of carboxylic acids is 1. The Labute approximate surface area is 117 Å². The molecular weight excluding hydrogens is 256 g/mol. The van der Waals surface area contributed by atoms with Crippen LogP contribution >= 0.6 is 0 Å². The lowest BCUT2D eigenvalue weighted by Crippen LogP contribution is -2.22. The van der Waals surface area contributed by atoms with Crippen LogP contribution in [-0.2, 0) is 11.3 Å². The maximum atomic E-state index is 11.0. The molecule has 0 aliphatic carbocycles. The van der Waals surface area contributed by atoms with Gasteiger partial charge in [-0.3, -0.25) is 14.1 Å². The summed E-state index contributed by atoms with van der Waals surface area (Å²) in [5, 5.41) is 9.02. The zero-order chi connectivity index (χ0) is 14.3. The molecule has 1 unspecified atom stereocenters. The second-order valence-electron chi connectivity index (χ2n) is 5.50. The molecule has 2 aromatic heterocycles. The molecule has 0 bridgehead atoms. The van der Waals surface area contributed by atoms with Gasteiger partial charge in [-0.15, -0.1) is 0 Å². The third-order valence-electron chi connectivity index (χ3n) is 3.82. The van der Waals surface area contributed by atoms with Gasteiger partial charge in [-0.1, -0.05) is 0 Å². The van der Waals surface area contributed by atoms with Crippen LogP contribution in [0, 0.1) is 19.8 Å². The Balaban J connectivity index is 1.79. The molecule has 6 heteroatoms. The van der Waals surface area contributed by atoms with Gasteiger partial charge < -0.3 is 5.11 Å². The predicted octanol–water partition coefficient (Wildman–Crippen LogP) is 1.25. The number of hydrogen-bond acceptors (Lipinski definition) is 4. The van der Waals surface area contributed by atoms with Crippen molar-refractivity contribution in [2.75, 3.05) is 13.1 Å². The first kappa shape index (κ1) is 13.1. The maximum absolute atomic E-state index is 11.0. The van der Waals surface area contributed by atoms with Gasteiger partial charge in [-0.05, 0) is 32.9 Å². The maximum Gasteiger partial charge on any atom is 0.307 e. The minimum atomic E-state index is -0.698. The molecule has 0 saturated carbocycles. The minimum Gasteiger partial charge on any atom is -0.481 e. The number of aryl methyl sites for hydroxylation is 2. The lowest BCUT2D eigenvalue weighted by molar-refractivity contribution is -0.141. The third kappa shape index (κ3) is 2.38. The van der Waals surface area contributed by atoms with Crippen LogP contribution in [0.2, 0.25) is 0 Å². The average Bonchev–Trinajstić information content (AvgIpc) is 2.96. The first-order valence-corrected chi connectivity index (χ1v) is 6.80. The van der Waals surface area contributed by atoms with Crippen molar-refractivity contribution in [3.63, 3.8) is 0 Å². The summed E-state index contributed by atoms with van der Waals surface area (Å²) in [6, 6.07) is 2.02. The SMILES string of the molecule is Cc1cc(C)n2cc(CN3CCC(C(=O)O)C3)nc2n1. The van der Waals surface area contributed by atoms with E-state index in [1.165, 1.54) is 0 Å². The summed E-state index contributed by atoms with van der Waals surface area (Å²) < 4.78 is 1.98. The molecule has 106 valence electrons. The Bertz CT molecular complexity index is 664. The van der Waals surface area contributed by atoms with Gasteiger partial charge in [0.25, 0.3) is 0 Å². The number of carbonyl (C=O) groups is 1. The molecule has 2 aromatic rings. The van der Waals surface area contributed by atoms with E-state index in [4.69, 9.17) is 5.11 Å². The summed E-state index contributed by atoms with van der Waals surface area (Å²) in [5.74, 6) is -0.226. The fraction of sp³-hybridized carbons (Fsp3) is 0.500. The van der Waals surface area contributed by atoms with Gasteiger partial charge >= 0.3 is 5.97 Å². The largest absolute Gasteiger partial charge is 0.481 e. The minimum absolute atomic E-state index is 0.242. The first-order valence-electron chi connectivity index (χ1n) is 6.80. The van der Waals surface area contributed by atoms with Gasteiger partial charge in [0, 0.05) is 30.7 Å². The van der Waals surface area contributed by atoms with E-state index in [-0.39, 0.29) is 5.92 Å². The summed E-state index contributed by atoms with van der Waals surface area (Å²) in [6.45, 7) is 6.10. The molecule has 20 heavy (non-hydrogen) atoms. The molecule has 1 fully saturated rings. The average molecular weight is 274 g/mol. The van der Waals surface area contributed by atoms with Crippen LogP contribution in [0.15, 0.2) is 12.3 Å². The summed E-state index contributed by atoms with van der Waals surface area (Å²) in [5.41, 5.74) is 3.01. The number of carboxylic acid groups (broad SMARTS) is 1. The van der Waals surface area contributed by atoms with Gasteiger partial charge in [0.2, 0.25) is 5.78 Å². The van der Waals surface area contributed by atoms with Crippen LogP contribution in [0.3, 0.4) is 0 Å². The topological polar surface area (TPSA) is 70.7 Å². The second kappa shape index (κ2) is 4.86. The highest BCUT2D eigenvalue weighted by Gasteiger charge is 2.28. The number of aromatic nitrogens is 3. The van der Waals surface area contributed by atoms with Crippen LogP contribution < -0.4 is 0 Å². The smallest absolute Gasteiger partial charge is 0.307 e. The summed E-state index contributed by atoms with van der Waals surface area (Å²) in [6.07, 6.45) is 2.71. The number of nitrogens with zero attached hydrogens (tertiary/aromatic N) is 4. The molecule has 0 spiro atoms. The standard InChI is InChI=1S/C14H18N4O2/c1-9-5-10(2)18-8-12(16-14(18)15-9)7-17-4-3-11(6-17)13(19)20/h5,8,11H,3-4,6-7H2,1-2H3,(H,19,20). The lowest BCUT2D eigenvalue weighted by atomic mass is 10.1. The van der Waals surface area contributed by atoms with Gasteiger partial charge in [0.05, 0.1) is 11.6 Å². The van der Waals surface area contributed by atoms with E-state index in [2.05, 4.69) is 14.9 Å². The van der Waals surface area contributed by atoms with Crippen LogP contribution in [0.25, 0.3) is 5.78 Å². The molecule has 1 N–H and O–H groups in total. The van der Waals surface area contributed by atoms with Crippen molar-refractivity contribution < 1.29 is 9.90 Å². The van der Waals surface area contributed by atoms with Gasteiger partial charge in [-0.25, -0.2) is 9.97 Å². The van der Waals surface area contributed by atoms with Gasteiger partial charge in [-0.2, -0.15) is 0 Å². The fourth-order valence-electron chi connectivity index (χ4n) is 2.80. The molecule has 1 aliphatic rings. The van der Waals surface area contributed by atoms with E-state index in [1.54, 1.807) is 0 Å². The Morgan fingerprint density at radius 1 is 1.45 bits per heavy atom. The van der Waals surface area contributed by atoms with E-state index in [0.717, 1.165) is 30.0 Å². The molecule has 0 amide bonds. The fourth-order valence-corrected chi connectivity index (χ4v) is 2.80. The molecule has 0 radical (unpaired) electrons. The Morgan fingerprint density at radius 3 is 2.95 bits per heavy atom. The molecule has 1 aliphatic heterocycles. The second-order valence-corrected chi connectivity index (χ2v) is 5.50. The Kier molecular flexibility index (Phi) is 3.17. The van der Waals surface area contributed by atoms with E-state index >= 15 is 0 Å². The van der Waals surface area contributed by atoms with Crippen molar-refractivity contribution in [2.24, 2.45) is 5.92 Å². The Morgan fingerprint density at radius 2 is 2.25 bits per heavy atom. The molecule has 1 atom stereocenters. The lowest BCUT2D eigenvalue weighted by Gasteiger charge is -2.12. The number of rotatable bonds is 3. The summed E-state index contributed by atoms with van der Waals surface area (Å²) in [7, 11) is 0. The molecule has 1 saturated heterocycles. The van der Waals surface area contributed by atoms with Crippen molar-refractivity contribution in [3.8, 4) is 0 Å². The van der Waals surface area contributed by atoms with E-state index in [1.807, 2.05) is 30.5 Å². The Hall–Kier alpha value is -1.95. The third-order valence-corrected chi connectivity index (χ3v) is 3.82. The van der Waals surface area contributed by atoms with Gasteiger partial charge in [0.1, 0.15) is 0 Å². The van der Waals surface area contributed by atoms with Crippen LogP contribution in [0.4, 0.5) is 0 Å². The number of imidazole rings is 1. The van der Waals surface area contributed by atoms with Crippen molar-refractivity contribution in [1.82, 2.24) is 19.3 Å². The molecule has 6 nitrogen and oxygen atoms in total. The van der Waals surface area contributed by atoms with Crippen LogP contribution in [0.5, 0.6) is 0 Å². The zero-order valence-corrected chi connectivity index (χ0v) is 11.7. The number of hydrogen-bond donors (Lipinski definition) is 1. The highest BCUT2D eigenvalue weighted by Crippen LogP contribution is 2.19. The van der Waals surface area contributed by atoms with Crippen LogP contribution in [-0.4, -0.2) is 43.4 Å². The first-order chi connectivity index (χ1) is 9.52. The number of likely N-dealkylation sites (tertiary alicyclic amines) is 1. The van der Waals surface area contributed by atoms with E-state index < -0.39 is 5.97 Å². The molecule has 3 heterocycles. The molecular formula is C14H18N4O2. The normalized spacial score (nSPS) is 19.8. The van der Waals surface area contributed by atoms with E-state index in [9.17, 15) is 4.79 Å². The monoisotopic (exact) mass is 274 g/mol. The predicted molar refractivity (Wildman–Crippen MR) is 73.5 cm³/mol. The highest BCUT2D eigenvalue weighted by atomic mass is 16.4. The van der Waals surface area contributed by atoms with Crippen molar-refractivity contribution in [1.29, 1.82) is 0 Å². The zero-order valence-electron chi connectivity index (χ0n) is 11.7. The number of fused-ring (bicyclic) bond motifs is 1.